The Bertz CT molecular complexity index is 368. The average molecular weight is 281 g/mol. The second kappa shape index (κ2) is 6.15. The molecule has 4 nitrogen and oxygen atoms in total. The average Bonchev–Trinajstić information content (AvgIpc) is 3.08. The lowest BCUT2D eigenvalue weighted by molar-refractivity contribution is -0.145. The number of nitrogens with zero attached hydrogens (tertiary/aromatic N) is 1. The molecule has 0 spiro atoms. The Balaban J connectivity index is 2.09. The van der Waals surface area contributed by atoms with Crippen LogP contribution in [0.5, 0.6) is 0 Å². The second-order valence-corrected chi connectivity index (χ2v) is 6.96. The highest BCUT2D eigenvalue weighted by Crippen LogP contribution is 2.46. The summed E-state index contributed by atoms with van der Waals surface area (Å²) in [7, 11) is 0. The van der Waals surface area contributed by atoms with Crippen LogP contribution in [-0.4, -0.2) is 34.5 Å². The van der Waals surface area contributed by atoms with Crippen LogP contribution in [0.3, 0.4) is 0 Å². The summed E-state index contributed by atoms with van der Waals surface area (Å²) in [6, 6.07) is 0.312. The summed E-state index contributed by atoms with van der Waals surface area (Å²) >= 11 is 0. The molecule has 0 atom stereocenters. The van der Waals surface area contributed by atoms with Crippen LogP contribution < -0.4 is 0 Å². The number of carboxylic acids is 1. The lowest BCUT2D eigenvalue weighted by Gasteiger charge is -2.35. The predicted molar refractivity (Wildman–Crippen MR) is 77.3 cm³/mol. The number of hydrogen-bond donors (Lipinski definition) is 1. The topological polar surface area (TPSA) is 57.6 Å². The molecule has 0 radical (unpaired) electrons. The highest BCUT2D eigenvalue weighted by atomic mass is 16.4. The minimum atomic E-state index is -0.812. The molecule has 0 aromatic rings. The molecule has 2 aliphatic carbocycles. The fraction of sp³-hybridized carbons (Fsp3) is 0.875. The van der Waals surface area contributed by atoms with E-state index in [0.717, 1.165) is 44.9 Å². The van der Waals surface area contributed by atoms with Crippen LogP contribution in [0.2, 0.25) is 0 Å². The third kappa shape index (κ3) is 3.53. The summed E-state index contributed by atoms with van der Waals surface area (Å²) in [5.74, 6) is -0.0576. The molecule has 2 saturated carbocycles. The zero-order valence-electron chi connectivity index (χ0n) is 12.7. The lowest BCUT2D eigenvalue weighted by atomic mass is 9.77. The van der Waals surface area contributed by atoms with Gasteiger partial charge in [0.2, 0.25) is 5.91 Å². The summed E-state index contributed by atoms with van der Waals surface area (Å²) in [6.07, 6.45) is 7.35. The monoisotopic (exact) mass is 281 g/mol. The van der Waals surface area contributed by atoms with Gasteiger partial charge in [0, 0.05) is 18.0 Å². The van der Waals surface area contributed by atoms with Crippen molar-refractivity contribution >= 4 is 11.9 Å². The normalized spacial score (nSPS) is 21.1. The van der Waals surface area contributed by atoms with E-state index in [2.05, 4.69) is 13.8 Å². The van der Waals surface area contributed by atoms with Crippen molar-refractivity contribution in [3.8, 4) is 0 Å². The zero-order valence-corrected chi connectivity index (χ0v) is 12.7. The van der Waals surface area contributed by atoms with E-state index >= 15 is 0 Å². The van der Waals surface area contributed by atoms with Crippen molar-refractivity contribution in [2.24, 2.45) is 11.3 Å². The first-order chi connectivity index (χ1) is 9.44. The Morgan fingerprint density at radius 2 is 1.85 bits per heavy atom. The summed E-state index contributed by atoms with van der Waals surface area (Å²) in [5.41, 5.74) is -0.199. The molecule has 0 aromatic heterocycles. The first-order valence-corrected chi connectivity index (χ1v) is 7.97. The van der Waals surface area contributed by atoms with Crippen LogP contribution in [0.25, 0.3) is 0 Å². The van der Waals surface area contributed by atoms with E-state index in [1.807, 2.05) is 4.90 Å². The van der Waals surface area contributed by atoms with Gasteiger partial charge >= 0.3 is 5.97 Å². The number of amides is 1. The van der Waals surface area contributed by atoms with Crippen molar-refractivity contribution in [3.63, 3.8) is 0 Å². The Hall–Kier alpha value is -1.06. The number of carboxylic acid groups (broad SMARTS) is 1. The van der Waals surface area contributed by atoms with Gasteiger partial charge in [-0.15, -0.1) is 0 Å². The molecule has 0 unspecified atom stereocenters. The minimum absolute atomic E-state index is 0.0694. The predicted octanol–water partition coefficient (Wildman–Crippen LogP) is 3.06. The Kier molecular flexibility index (Phi) is 4.71. The molecule has 0 aliphatic heterocycles. The third-order valence-corrected chi connectivity index (χ3v) is 4.63. The lowest BCUT2D eigenvalue weighted by Crippen LogP contribution is -2.45. The van der Waals surface area contributed by atoms with Crippen molar-refractivity contribution in [2.45, 2.75) is 71.3 Å². The van der Waals surface area contributed by atoms with Crippen LogP contribution in [-0.2, 0) is 9.59 Å². The van der Waals surface area contributed by atoms with Gasteiger partial charge < -0.3 is 10.0 Å². The molecule has 2 rings (SSSR count). The summed E-state index contributed by atoms with van der Waals surface area (Å²) < 4.78 is 0. The van der Waals surface area contributed by atoms with Crippen LogP contribution >= 0.6 is 0 Å². The molecule has 1 N–H and O–H groups in total. The van der Waals surface area contributed by atoms with Gasteiger partial charge in [0.25, 0.3) is 0 Å². The largest absolute Gasteiger partial charge is 0.481 e. The van der Waals surface area contributed by atoms with E-state index in [0.29, 0.717) is 18.5 Å². The number of carbonyl (C=O) groups is 2. The first-order valence-electron chi connectivity index (χ1n) is 7.97. The number of carbonyl (C=O) groups excluding carboxylic acids is 1. The number of hydrogen-bond acceptors (Lipinski definition) is 2. The van der Waals surface area contributed by atoms with E-state index in [4.69, 9.17) is 5.11 Å². The van der Waals surface area contributed by atoms with Crippen molar-refractivity contribution in [1.82, 2.24) is 4.90 Å². The fourth-order valence-electron chi connectivity index (χ4n) is 3.70. The van der Waals surface area contributed by atoms with Gasteiger partial charge in [0.05, 0.1) is 6.42 Å². The van der Waals surface area contributed by atoms with E-state index in [1.54, 1.807) is 0 Å². The van der Waals surface area contributed by atoms with Gasteiger partial charge in [0.15, 0.2) is 0 Å². The van der Waals surface area contributed by atoms with Crippen molar-refractivity contribution in [2.75, 3.05) is 6.54 Å². The Morgan fingerprint density at radius 3 is 2.30 bits per heavy atom. The standard InChI is InChI=1S/C16H27NO3/c1-12(2)11-16(8-3-4-9-16)15(20)17(13-5-6-13)10-7-14(18)19/h12-13H,3-11H2,1-2H3,(H,18,19). The summed E-state index contributed by atoms with van der Waals surface area (Å²) in [4.78, 5) is 25.7. The van der Waals surface area contributed by atoms with E-state index in [-0.39, 0.29) is 17.7 Å². The van der Waals surface area contributed by atoms with Crippen LogP contribution in [0.4, 0.5) is 0 Å². The van der Waals surface area contributed by atoms with E-state index < -0.39 is 5.97 Å². The molecule has 2 fully saturated rings. The summed E-state index contributed by atoms with van der Waals surface area (Å²) in [5, 5.41) is 8.88. The first kappa shape index (κ1) is 15.3. The smallest absolute Gasteiger partial charge is 0.305 e. The SMILES string of the molecule is CC(C)CC1(C(=O)N(CCC(=O)O)C2CC2)CCCC1. The van der Waals surface area contributed by atoms with E-state index in [1.165, 1.54) is 0 Å². The molecule has 1 amide bonds. The van der Waals surface area contributed by atoms with Crippen molar-refractivity contribution in [1.29, 1.82) is 0 Å². The molecule has 20 heavy (non-hydrogen) atoms. The van der Waals surface area contributed by atoms with Crippen LogP contribution in [0.1, 0.15) is 65.2 Å². The van der Waals surface area contributed by atoms with Gasteiger partial charge in [0.1, 0.15) is 0 Å². The fourth-order valence-corrected chi connectivity index (χ4v) is 3.70. The van der Waals surface area contributed by atoms with Gasteiger partial charge in [-0.3, -0.25) is 9.59 Å². The third-order valence-electron chi connectivity index (χ3n) is 4.63. The van der Waals surface area contributed by atoms with Gasteiger partial charge in [-0.05, 0) is 38.0 Å². The molecular weight excluding hydrogens is 254 g/mol. The Morgan fingerprint density at radius 1 is 1.25 bits per heavy atom. The molecule has 114 valence electrons. The molecule has 2 aliphatic rings. The second-order valence-electron chi connectivity index (χ2n) is 6.96. The molecule has 0 bridgehead atoms. The van der Waals surface area contributed by atoms with Gasteiger partial charge in [-0.2, -0.15) is 0 Å². The highest BCUT2D eigenvalue weighted by Gasteiger charge is 2.46. The zero-order chi connectivity index (χ0) is 14.8. The maximum Gasteiger partial charge on any atom is 0.305 e. The Labute approximate surface area is 121 Å². The van der Waals surface area contributed by atoms with E-state index in [9.17, 15) is 9.59 Å². The molecule has 4 heteroatoms. The van der Waals surface area contributed by atoms with Crippen molar-refractivity contribution in [3.05, 3.63) is 0 Å². The molecule has 0 saturated heterocycles. The molecule has 0 aromatic carbocycles. The molecule has 0 heterocycles. The van der Waals surface area contributed by atoms with Gasteiger partial charge in [-0.25, -0.2) is 0 Å². The maximum atomic E-state index is 13.0. The minimum Gasteiger partial charge on any atom is -0.481 e. The molecular formula is C16H27NO3. The summed E-state index contributed by atoms with van der Waals surface area (Å²) in [6.45, 7) is 4.73. The maximum absolute atomic E-state index is 13.0. The van der Waals surface area contributed by atoms with Crippen LogP contribution in [0.15, 0.2) is 0 Å². The van der Waals surface area contributed by atoms with Crippen LogP contribution in [0, 0.1) is 11.3 Å². The number of rotatable bonds is 7. The van der Waals surface area contributed by atoms with Gasteiger partial charge in [-0.1, -0.05) is 26.7 Å². The highest BCUT2D eigenvalue weighted by molar-refractivity contribution is 5.84. The quantitative estimate of drug-likeness (QED) is 0.780. The number of aliphatic carboxylic acids is 1. The van der Waals surface area contributed by atoms with Crippen molar-refractivity contribution < 1.29 is 14.7 Å².